The molecule has 0 bridgehead atoms. The Bertz CT molecular complexity index is 534. The summed E-state index contributed by atoms with van der Waals surface area (Å²) < 4.78 is 0. The van der Waals surface area contributed by atoms with E-state index in [0.29, 0.717) is 6.04 Å². The first kappa shape index (κ1) is 11.7. The normalized spacial score (nSPS) is 25.4. The lowest BCUT2D eigenvalue weighted by Gasteiger charge is -2.38. The minimum absolute atomic E-state index is 0.245. The molecule has 2 aromatic carbocycles. The Labute approximate surface area is 108 Å². The summed E-state index contributed by atoms with van der Waals surface area (Å²) in [6, 6.07) is 15.7. The van der Waals surface area contributed by atoms with Gasteiger partial charge in [-0.1, -0.05) is 42.5 Å². The maximum atomic E-state index is 6.35. The van der Waals surface area contributed by atoms with E-state index in [1.807, 2.05) is 0 Å². The lowest BCUT2D eigenvalue weighted by molar-refractivity contribution is 0.164. The Morgan fingerprint density at radius 2 is 1.89 bits per heavy atom. The summed E-state index contributed by atoms with van der Waals surface area (Å²) in [6.07, 6.45) is 2.33. The number of fused-ring (bicyclic) bond motifs is 1. The third-order valence-electron chi connectivity index (χ3n) is 4.07. The van der Waals surface area contributed by atoms with Gasteiger partial charge in [-0.25, -0.2) is 0 Å². The molecule has 2 atom stereocenters. The number of nitrogens with two attached hydrogens (primary N) is 1. The standard InChI is InChI=1S/C16H20N2/c1-18-11-5-10-15(17)16(18)14-9-4-7-12-6-2-3-8-13(12)14/h2-4,6-9,15-16H,5,10-11,17H2,1H3. The van der Waals surface area contributed by atoms with Crippen LogP contribution in [-0.4, -0.2) is 24.5 Å². The van der Waals surface area contributed by atoms with Crippen LogP contribution >= 0.6 is 0 Å². The molecule has 0 aliphatic carbocycles. The highest BCUT2D eigenvalue weighted by Gasteiger charge is 2.28. The van der Waals surface area contributed by atoms with Gasteiger partial charge in [0.05, 0.1) is 6.04 Å². The Kier molecular flexibility index (Phi) is 3.06. The third kappa shape index (κ3) is 1.92. The van der Waals surface area contributed by atoms with Crippen molar-refractivity contribution >= 4 is 10.8 Å². The minimum atomic E-state index is 0.245. The summed E-state index contributed by atoms with van der Waals surface area (Å²) in [5.74, 6) is 0. The van der Waals surface area contributed by atoms with Crippen molar-refractivity contribution in [2.75, 3.05) is 13.6 Å². The van der Waals surface area contributed by atoms with Crippen molar-refractivity contribution in [1.82, 2.24) is 4.90 Å². The lowest BCUT2D eigenvalue weighted by atomic mass is 9.88. The van der Waals surface area contributed by atoms with E-state index in [4.69, 9.17) is 5.73 Å². The monoisotopic (exact) mass is 240 g/mol. The van der Waals surface area contributed by atoms with Gasteiger partial charge in [-0.3, -0.25) is 4.90 Å². The molecule has 2 nitrogen and oxygen atoms in total. The zero-order valence-electron chi connectivity index (χ0n) is 10.8. The lowest BCUT2D eigenvalue weighted by Crippen LogP contribution is -2.43. The van der Waals surface area contributed by atoms with Gasteiger partial charge in [-0.15, -0.1) is 0 Å². The fourth-order valence-electron chi connectivity index (χ4n) is 3.18. The average molecular weight is 240 g/mol. The summed E-state index contributed by atoms with van der Waals surface area (Å²) in [5.41, 5.74) is 7.73. The van der Waals surface area contributed by atoms with Crippen LogP contribution in [0.1, 0.15) is 24.4 Å². The molecule has 0 spiro atoms. The van der Waals surface area contributed by atoms with Gasteiger partial charge < -0.3 is 5.73 Å². The largest absolute Gasteiger partial charge is 0.326 e. The highest BCUT2D eigenvalue weighted by Crippen LogP contribution is 2.33. The van der Waals surface area contributed by atoms with Crippen molar-refractivity contribution in [3.63, 3.8) is 0 Å². The van der Waals surface area contributed by atoms with Crippen LogP contribution in [0.2, 0.25) is 0 Å². The first-order chi connectivity index (χ1) is 8.77. The van der Waals surface area contributed by atoms with Crippen LogP contribution in [0.25, 0.3) is 10.8 Å². The van der Waals surface area contributed by atoms with Crippen molar-refractivity contribution in [2.24, 2.45) is 5.73 Å². The highest BCUT2D eigenvalue weighted by atomic mass is 15.2. The van der Waals surface area contributed by atoms with Crippen LogP contribution < -0.4 is 5.73 Å². The predicted octanol–water partition coefficient (Wildman–Crippen LogP) is 2.93. The number of hydrogen-bond acceptors (Lipinski definition) is 2. The summed E-state index contributed by atoms with van der Waals surface area (Å²) in [4.78, 5) is 2.40. The van der Waals surface area contributed by atoms with E-state index in [0.717, 1.165) is 13.0 Å². The summed E-state index contributed by atoms with van der Waals surface area (Å²) in [6.45, 7) is 1.14. The first-order valence-corrected chi connectivity index (χ1v) is 6.71. The molecule has 1 saturated heterocycles. The minimum Gasteiger partial charge on any atom is -0.326 e. The molecule has 2 N–H and O–H groups in total. The summed E-state index contributed by atoms with van der Waals surface area (Å²) in [7, 11) is 2.19. The third-order valence-corrected chi connectivity index (χ3v) is 4.07. The molecule has 0 aromatic heterocycles. The second kappa shape index (κ2) is 4.71. The van der Waals surface area contributed by atoms with Gasteiger partial charge in [-0.2, -0.15) is 0 Å². The fraction of sp³-hybridized carbons (Fsp3) is 0.375. The molecule has 1 aliphatic rings. The van der Waals surface area contributed by atoms with Crippen molar-refractivity contribution < 1.29 is 0 Å². The van der Waals surface area contributed by atoms with Gasteiger partial charge in [0, 0.05) is 6.04 Å². The summed E-state index contributed by atoms with van der Waals surface area (Å²) in [5, 5.41) is 2.65. The topological polar surface area (TPSA) is 29.3 Å². The Balaban J connectivity index is 2.13. The SMILES string of the molecule is CN1CCCC(N)C1c1cccc2ccccc12. The van der Waals surface area contributed by atoms with Crippen LogP contribution in [-0.2, 0) is 0 Å². The number of nitrogens with zero attached hydrogens (tertiary/aromatic N) is 1. The van der Waals surface area contributed by atoms with Crippen LogP contribution in [0, 0.1) is 0 Å². The van der Waals surface area contributed by atoms with Crippen molar-refractivity contribution in [3.05, 3.63) is 48.0 Å². The van der Waals surface area contributed by atoms with E-state index >= 15 is 0 Å². The zero-order chi connectivity index (χ0) is 12.5. The van der Waals surface area contributed by atoms with Crippen LogP contribution in [0.3, 0.4) is 0 Å². The van der Waals surface area contributed by atoms with E-state index in [1.165, 1.54) is 22.8 Å². The number of piperidine rings is 1. The average Bonchev–Trinajstić information content (AvgIpc) is 2.39. The van der Waals surface area contributed by atoms with Gasteiger partial charge in [-0.05, 0) is 42.8 Å². The van der Waals surface area contributed by atoms with Gasteiger partial charge in [0.1, 0.15) is 0 Å². The number of benzene rings is 2. The second-order valence-corrected chi connectivity index (χ2v) is 5.30. The smallest absolute Gasteiger partial charge is 0.0502 e. The predicted molar refractivity (Wildman–Crippen MR) is 76.5 cm³/mol. The maximum Gasteiger partial charge on any atom is 0.0502 e. The molecule has 18 heavy (non-hydrogen) atoms. The van der Waals surface area contributed by atoms with Crippen molar-refractivity contribution in [2.45, 2.75) is 24.9 Å². The maximum absolute atomic E-state index is 6.35. The van der Waals surface area contributed by atoms with E-state index in [2.05, 4.69) is 54.4 Å². The molecule has 2 aromatic rings. The van der Waals surface area contributed by atoms with E-state index in [9.17, 15) is 0 Å². The molecule has 2 heteroatoms. The Morgan fingerprint density at radius 1 is 1.11 bits per heavy atom. The molecule has 3 rings (SSSR count). The fourth-order valence-corrected chi connectivity index (χ4v) is 3.18. The molecular weight excluding hydrogens is 220 g/mol. The van der Waals surface area contributed by atoms with Crippen LogP contribution in [0.4, 0.5) is 0 Å². The molecule has 0 radical (unpaired) electrons. The van der Waals surface area contributed by atoms with E-state index in [1.54, 1.807) is 0 Å². The number of hydrogen-bond donors (Lipinski definition) is 1. The second-order valence-electron chi connectivity index (χ2n) is 5.30. The molecule has 0 saturated carbocycles. The Morgan fingerprint density at radius 3 is 2.72 bits per heavy atom. The van der Waals surface area contributed by atoms with E-state index in [-0.39, 0.29) is 6.04 Å². The zero-order valence-corrected chi connectivity index (χ0v) is 10.8. The molecule has 1 heterocycles. The quantitative estimate of drug-likeness (QED) is 0.830. The van der Waals surface area contributed by atoms with Gasteiger partial charge in [0.2, 0.25) is 0 Å². The molecule has 1 fully saturated rings. The first-order valence-electron chi connectivity index (χ1n) is 6.71. The highest BCUT2D eigenvalue weighted by molar-refractivity contribution is 5.86. The van der Waals surface area contributed by atoms with Gasteiger partial charge >= 0.3 is 0 Å². The number of likely N-dealkylation sites (N-methyl/N-ethyl adjacent to an activating group) is 1. The van der Waals surface area contributed by atoms with Gasteiger partial charge in [0.25, 0.3) is 0 Å². The molecule has 2 unspecified atom stereocenters. The molecule has 0 amide bonds. The Hall–Kier alpha value is -1.38. The molecule has 94 valence electrons. The molecular formula is C16H20N2. The van der Waals surface area contributed by atoms with Crippen LogP contribution in [0.15, 0.2) is 42.5 Å². The number of rotatable bonds is 1. The number of likely N-dealkylation sites (tertiary alicyclic amines) is 1. The summed E-state index contributed by atoms with van der Waals surface area (Å²) >= 11 is 0. The van der Waals surface area contributed by atoms with Gasteiger partial charge in [0.15, 0.2) is 0 Å². The van der Waals surface area contributed by atoms with Crippen LogP contribution in [0.5, 0.6) is 0 Å². The van der Waals surface area contributed by atoms with Crippen molar-refractivity contribution in [3.8, 4) is 0 Å². The molecule has 1 aliphatic heterocycles. The van der Waals surface area contributed by atoms with E-state index < -0.39 is 0 Å². The van der Waals surface area contributed by atoms with Crippen molar-refractivity contribution in [1.29, 1.82) is 0 Å².